The van der Waals surface area contributed by atoms with Gasteiger partial charge in [-0.2, -0.15) is 0 Å². The topological polar surface area (TPSA) is 115 Å². The number of fused-ring (bicyclic) bond motifs is 1. The summed E-state index contributed by atoms with van der Waals surface area (Å²) < 4.78 is 57.0. The van der Waals surface area contributed by atoms with E-state index >= 15 is 0 Å². The largest absolute Gasteiger partial charge is 1.00 e. The number of ether oxygens (including phenoxy) is 3. The van der Waals surface area contributed by atoms with E-state index in [0.29, 0.717) is 39.4 Å². The van der Waals surface area contributed by atoms with Crippen molar-refractivity contribution in [3.05, 3.63) is 89.2 Å². The first-order valence-electron chi connectivity index (χ1n) is 10.8. The molecule has 1 aromatic heterocycles. The number of rotatable bonds is 9. The van der Waals surface area contributed by atoms with Gasteiger partial charge in [0.25, 0.3) is 0 Å². The van der Waals surface area contributed by atoms with Gasteiger partial charge < -0.3 is 23.2 Å². The van der Waals surface area contributed by atoms with Crippen LogP contribution in [0.15, 0.2) is 76.0 Å². The van der Waals surface area contributed by atoms with Crippen LogP contribution in [0.3, 0.4) is 0 Å². The third kappa shape index (κ3) is 6.48. The zero-order chi connectivity index (χ0) is 25.0. The number of hydrogen-bond acceptors (Lipinski definition) is 8. The Morgan fingerprint density at radius 3 is 2.22 bits per heavy atom. The quantitative estimate of drug-likeness (QED) is 0.188. The van der Waals surface area contributed by atoms with Gasteiger partial charge in [0.1, 0.15) is 40.2 Å². The molecule has 0 amide bonds. The van der Waals surface area contributed by atoms with Gasteiger partial charge in [0.2, 0.25) is 0 Å². The number of carbonyl (C=O) groups excluding carboxylic acids is 1. The van der Waals surface area contributed by atoms with Gasteiger partial charge in [0.15, 0.2) is 11.5 Å². The number of benzene rings is 3. The molecule has 0 fully saturated rings. The molecule has 0 bridgehead atoms. The van der Waals surface area contributed by atoms with Gasteiger partial charge in [0, 0.05) is 11.5 Å². The van der Waals surface area contributed by atoms with E-state index in [9.17, 15) is 17.8 Å². The van der Waals surface area contributed by atoms with Crippen LogP contribution in [0.5, 0.6) is 11.5 Å². The predicted molar refractivity (Wildman–Crippen MR) is 126 cm³/mol. The van der Waals surface area contributed by atoms with E-state index in [1.165, 1.54) is 18.2 Å². The second-order valence-electron chi connectivity index (χ2n) is 7.71. The molecule has 0 aliphatic heterocycles. The molecule has 1 heterocycles. The molecule has 0 unspecified atom stereocenters. The number of esters is 1. The molecule has 10 heteroatoms. The zero-order valence-corrected chi connectivity index (χ0v) is 23.0. The summed E-state index contributed by atoms with van der Waals surface area (Å²) in [6.07, 6.45) is 0. The molecule has 36 heavy (non-hydrogen) atoms. The Morgan fingerprint density at radius 1 is 0.917 bits per heavy atom. The number of furan rings is 1. The Hall–Kier alpha value is -2.82. The van der Waals surface area contributed by atoms with Crippen molar-refractivity contribution < 1.29 is 66.0 Å². The van der Waals surface area contributed by atoms with Crippen molar-refractivity contribution in [2.24, 2.45) is 0 Å². The minimum absolute atomic E-state index is 0. The fraction of sp³-hybridized carbons (Fsp3) is 0.192. The Bertz CT molecular complexity index is 1460. The second-order valence-corrected chi connectivity index (χ2v) is 9.09. The molecule has 0 radical (unpaired) electrons. The first-order chi connectivity index (χ1) is 16.8. The third-order valence-corrected chi connectivity index (χ3v) is 6.06. The van der Waals surface area contributed by atoms with Crippen molar-refractivity contribution >= 4 is 27.1 Å². The zero-order valence-electron chi connectivity index (χ0n) is 20.1. The molecule has 0 aliphatic carbocycles. The van der Waals surface area contributed by atoms with E-state index in [-0.39, 0.29) is 54.3 Å². The smallest absolute Gasteiger partial charge is 0.744 e. The molecule has 0 spiro atoms. The van der Waals surface area contributed by atoms with Gasteiger partial charge in [-0.25, -0.2) is 13.2 Å². The van der Waals surface area contributed by atoms with Crippen LogP contribution in [0.4, 0.5) is 0 Å². The van der Waals surface area contributed by atoms with Crippen LogP contribution in [-0.4, -0.2) is 25.5 Å². The maximum absolute atomic E-state index is 12.5. The molecule has 0 saturated carbocycles. The monoisotopic (exact) mass is 518 g/mol. The summed E-state index contributed by atoms with van der Waals surface area (Å²) >= 11 is 0. The summed E-state index contributed by atoms with van der Waals surface area (Å²) in [4.78, 5) is 12.2. The normalized spacial score (nSPS) is 11.1. The summed E-state index contributed by atoms with van der Waals surface area (Å²) in [6.45, 7) is 3.83. The van der Waals surface area contributed by atoms with Crippen LogP contribution >= 0.6 is 0 Å². The fourth-order valence-corrected chi connectivity index (χ4v) is 4.14. The molecule has 0 aliphatic rings. The standard InChI is InChI=1S/C26H24O8S.Na/c1-3-31-26(27)25-17(2)34-22-14-24(32-15-18-8-5-4-6-9-18)23(13-21(22)25)33-16-19-10-7-11-20(12-19)35(28,29)30;/h4-14H,3,15-16H2,1-2H3,(H,28,29,30);/q;+1/p-1. The van der Waals surface area contributed by atoms with E-state index in [2.05, 4.69) is 0 Å². The summed E-state index contributed by atoms with van der Waals surface area (Å²) in [5.74, 6) is 0.576. The Morgan fingerprint density at radius 2 is 1.56 bits per heavy atom. The van der Waals surface area contributed by atoms with Crippen molar-refractivity contribution in [1.82, 2.24) is 0 Å². The SMILES string of the molecule is CCOC(=O)c1c(C)oc2cc(OCc3ccccc3)c(OCc3cccc(S(=O)(=O)[O-])c3)cc12.[Na+]. The van der Waals surface area contributed by atoms with Gasteiger partial charge in [-0.1, -0.05) is 42.5 Å². The van der Waals surface area contributed by atoms with E-state index in [1.54, 1.807) is 32.0 Å². The van der Waals surface area contributed by atoms with Crippen molar-refractivity contribution in [1.29, 1.82) is 0 Å². The Balaban J connectivity index is 0.00000361. The molecule has 3 aromatic carbocycles. The van der Waals surface area contributed by atoms with E-state index in [4.69, 9.17) is 18.6 Å². The maximum atomic E-state index is 12.5. The minimum Gasteiger partial charge on any atom is -0.744 e. The second kappa shape index (κ2) is 11.9. The molecule has 0 saturated heterocycles. The molecule has 182 valence electrons. The first kappa shape index (κ1) is 27.8. The number of carbonyl (C=O) groups is 1. The van der Waals surface area contributed by atoms with E-state index < -0.39 is 16.1 Å². The molecule has 4 aromatic rings. The van der Waals surface area contributed by atoms with Gasteiger partial charge in [-0.3, -0.25) is 0 Å². The van der Waals surface area contributed by atoms with Crippen LogP contribution in [0.2, 0.25) is 0 Å². The summed E-state index contributed by atoms with van der Waals surface area (Å²) in [5, 5.41) is 0.499. The Labute approximate surface area is 231 Å². The van der Waals surface area contributed by atoms with Crippen molar-refractivity contribution in [3.63, 3.8) is 0 Å². The molecule has 0 N–H and O–H groups in total. The number of hydrogen-bond donors (Lipinski definition) is 0. The third-order valence-electron chi connectivity index (χ3n) is 5.23. The van der Waals surface area contributed by atoms with Crippen LogP contribution in [0.1, 0.15) is 34.2 Å². The molecule has 0 atom stereocenters. The molecular formula is C26H23NaO8S. The van der Waals surface area contributed by atoms with Gasteiger partial charge in [0.05, 0.1) is 11.5 Å². The van der Waals surface area contributed by atoms with Gasteiger partial charge >= 0.3 is 35.5 Å². The van der Waals surface area contributed by atoms with E-state index in [1.807, 2.05) is 30.3 Å². The van der Waals surface area contributed by atoms with Crippen molar-refractivity contribution in [3.8, 4) is 11.5 Å². The Kier molecular flexibility index (Phi) is 9.21. The van der Waals surface area contributed by atoms with E-state index in [0.717, 1.165) is 5.56 Å². The average Bonchev–Trinajstić information content (AvgIpc) is 3.16. The summed E-state index contributed by atoms with van der Waals surface area (Å²) in [6, 6.07) is 18.4. The van der Waals surface area contributed by atoms with Crippen LogP contribution in [0.25, 0.3) is 11.0 Å². The average molecular weight is 519 g/mol. The first-order valence-corrected chi connectivity index (χ1v) is 12.3. The number of aryl methyl sites for hydroxylation is 1. The molecule has 8 nitrogen and oxygen atoms in total. The van der Waals surface area contributed by atoms with Gasteiger partial charge in [-0.15, -0.1) is 0 Å². The van der Waals surface area contributed by atoms with Gasteiger partial charge in [-0.05, 0) is 43.2 Å². The summed E-state index contributed by atoms with van der Waals surface area (Å²) in [5.41, 5.74) is 2.14. The van der Waals surface area contributed by atoms with Crippen molar-refractivity contribution in [2.75, 3.05) is 6.61 Å². The van der Waals surface area contributed by atoms with Crippen LogP contribution in [-0.2, 0) is 28.1 Å². The summed E-state index contributed by atoms with van der Waals surface area (Å²) in [7, 11) is -4.60. The van der Waals surface area contributed by atoms with Crippen molar-refractivity contribution in [2.45, 2.75) is 32.0 Å². The minimum atomic E-state index is -4.60. The fourth-order valence-electron chi connectivity index (χ4n) is 3.60. The van der Waals surface area contributed by atoms with Crippen LogP contribution in [0, 0.1) is 6.92 Å². The maximum Gasteiger partial charge on any atom is 1.00 e. The molecule has 4 rings (SSSR count). The van der Waals surface area contributed by atoms with Crippen LogP contribution < -0.4 is 39.0 Å². The molecular weight excluding hydrogens is 495 g/mol. The predicted octanol–water partition coefficient (Wildman–Crippen LogP) is 1.98.